The average molecular weight is 379 g/mol. The van der Waals surface area contributed by atoms with Gasteiger partial charge in [-0.15, -0.1) is 20.4 Å². The molecule has 0 aliphatic heterocycles. The Morgan fingerprint density at radius 1 is 1.00 bits per heavy atom. The zero-order valence-electron chi connectivity index (χ0n) is 14.8. The summed E-state index contributed by atoms with van der Waals surface area (Å²) in [4.78, 5) is 0. The molecular formula is C19H17N5O2S. The Hall–Kier alpha value is -3.13. The van der Waals surface area contributed by atoms with E-state index in [1.165, 1.54) is 11.8 Å². The largest absolute Gasteiger partial charge is 0.497 e. The fraction of sp³-hybridized carbons (Fsp3) is 0.158. The third kappa shape index (κ3) is 3.70. The highest BCUT2D eigenvalue weighted by molar-refractivity contribution is 7.99. The van der Waals surface area contributed by atoms with Crippen molar-refractivity contribution in [2.75, 3.05) is 7.11 Å². The van der Waals surface area contributed by atoms with E-state index in [-0.39, 0.29) is 5.25 Å². The number of para-hydroxylation sites is 1. The first-order chi connectivity index (χ1) is 13.2. The van der Waals surface area contributed by atoms with Gasteiger partial charge in [0.2, 0.25) is 11.8 Å². The summed E-state index contributed by atoms with van der Waals surface area (Å²) < 4.78 is 13.0. The van der Waals surface area contributed by atoms with Gasteiger partial charge in [0, 0.05) is 11.3 Å². The standard InChI is InChI=1S/C19H17N5O2S/c1-13(27-19-23-20-12-24(19)15-6-4-3-5-7-15)17-21-22-18(26-17)14-8-10-16(25-2)11-9-14/h3-13H,1-2H3/t13-/m0/s1. The van der Waals surface area contributed by atoms with E-state index in [9.17, 15) is 0 Å². The van der Waals surface area contributed by atoms with Crippen molar-refractivity contribution < 1.29 is 9.15 Å². The van der Waals surface area contributed by atoms with Gasteiger partial charge < -0.3 is 9.15 Å². The Morgan fingerprint density at radius 3 is 2.52 bits per heavy atom. The first kappa shape index (κ1) is 17.3. The molecule has 4 rings (SSSR count). The van der Waals surface area contributed by atoms with Crippen LogP contribution in [0.5, 0.6) is 5.75 Å². The molecule has 27 heavy (non-hydrogen) atoms. The molecule has 0 unspecified atom stereocenters. The molecule has 0 aliphatic rings. The average Bonchev–Trinajstić information content (AvgIpc) is 3.38. The smallest absolute Gasteiger partial charge is 0.247 e. The van der Waals surface area contributed by atoms with Crippen LogP contribution in [0, 0.1) is 0 Å². The number of benzene rings is 2. The summed E-state index contributed by atoms with van der Waals surface area (Å²) in [5.41, 5.74) is 1.85. The second-order valence-electron chi connectivity index (χ2n) is 5.75. The maximum atomic E-state index is 5.86. The van der Waals surface area contributed by atoms with Gasteiger partial charge in [0.25, 0.3) is 0 Å². The third-order valence-corrected chi connectivity index (χ3v) is 5.00. The van der Waals surface area contributed by atoms with Crippen molar-refractivity contribution in [3.63, 3.8) is 0 Å². The normalized spacial score (nSPS) is 12.1. The van der Waals surface area contributed by atoms with Crippen LogP contribution in [0.15, 0.2) is 70.5 Å². The molecule has 0 N–H and O–H groups in total. The van der Waals surface area contributed by atoms with Crippen molar-refractivity contribution in [3.8, 4) is 22.9 Å². The number of thioether (sulfide) groups is 1. The number of ether oxygens (including phenoxy) is 1. The first-order valence-corrected chi connectivity index (χ1v) is 9.22. The fourth-order valence-electron chi connectivity index (χ4n) is 2.53. The molecule has 0 aliphatic carbocycles. The lowest BCUT2D eigenvalue weighted by Crippen LogP contribution is -1.97. The summed E-state index contributed by atoms with van der Waals surface area (Å²) in [5, 5.41) is 17.3. The van der Waals surface area contributed by atoms with Gasteiger partial charge in [-0.05, 0) is 43.3 Å². The maximum absolute atomic E-state index is 5.86. The number of aromatic nitrogens is 5. The highest BCUT2D eigenvalue weighted by atomic mass is 32.2. The van der Waals surface area contributed by atoms with Crippen LogP contribution in [0.1, 0.15) is 18.1 Å². The van der Waals surface area contributed by atoms with Crippen LogP contribution in [0.4, 0.5) is 0 Å². The molecule has 0 amide bonds. The number of hydrogen-bond acceptors (Lipinski definition) is 7. The monoisotopic (exact) mass is 379 g/mol. The quantitative estimate of drug-likeness (QED) is 0.465. The molecule has 136 valence electrons. The minimum atomic E-state index is -0.0730. The van der Waals surface area contributed by atoms with Crippen LogP contribution in [0.2, 0.25) is 0 Å². The minimum absolute atomic E-state index is 0.0730. The molecule has 2 heterocycles. The number of methoxy groups -OCH3 is 1. The van der Waals surface area contributed by atoms with E-state index in [0.717, 1.165) is 22.2 Å². The van der Waals surface area contributed by atoms with Crippen LogP contribution in [0.3, 0.4) is 0 Å². The van der Waals surface area contributed by atoms with Crippen molar-refractivity contribution in [3.05, 3.63) is 66.8 Å². The third-order valence-electron chi connectivity index (χ3n) is 3.96. The molecule has 8 heteroatoms. The first-order valence-electron chi connectivity index (χ1n) is 8.34. The lowest BCUT2D eigenvalue weighted by molar-refractivity contribution is 0.415. The molecule has 0 saturated heterocycles. The molecule has 0 saturated carbocycles. The second kappa shape index (κ2) is 7.63. The summed E-state index contributed by atoms with van der Waals surface area (Å²) in [6.45, 7) is 2.00. The lowest BCUT2D eigenvalue weighted by atomic mass is 10.2. The van der Waals surface area contributed by atoms with Crippen molar-refractivity contribution in [2.24, 2.45) is 0 Å². The van der Waals surface area contributed by atoms with Gasteiger partial charge in [0.1, 0.15) is 12.1 Å². The molecule has 0 fully saturated rings. The Balaban J connectivity index is 1.52. The van der Waals surface area contributed by atoms with Gasteiger partial charge in [-0.25, -0.2) is 0 Å². The van der Waals surface area contributed by atoms with Gasteiger partial charge in [-0.3, -0.25) is 4.57 Å². The van der Waals surface area contributed by atoms with E-state index >= 15 is 0 Å². The highest BCUT2D eigenvalue weighted by Gasteiger charge is 2.19. The maximum Gasteiger partial charge on any atom is 0.247 e. The minimum Gasteiger partial charge on any atom is -0.497 e. The Bertz CT molecular complexity index is 1010. The van der Waals surface area contributed by atoms with E-state index in [4.69, 9.17) is 9.15 Å². The van der Waals surface area contributed by atoms with Gasteiger partial charge in [0.05, 0.1) is 12.4 Å². The molecule has 0 bridgehead atoms. The van der Waals surface area contributed by atoms with Gasteiger partial charge in [-0.2, -0.15) is 0 Å². The summed E-state index contributed by atoms with van der Waals surface area (Å²) in [6.07, 6.45) is 1.70. The zero-order valence-corrected chi connectivity index (χ0v) is 15.6. The van der Waals surface area contributed by atoms with Crippen LogP contribution in [-0.4, -0.2) is 32.1 Å². The summed E-state index contributed by atoms with van der Waals surface area (Å²) >= 11 is 1.51. The molecule has 1 atom stereocenters. The predicted molar refractivity (Wildman–Crippen MR) is 102 cm³/mol. The summed E-state index contributed by atoms with van der Waals surface area (Å²) in [5.74, 6) is 1.79. The SMILES string of the molecule is COc1ccc(-c2nnc([C@H](C)Sc3nncn3-c3ccccc3)o2)cc1. The van der Waals surface area contributed by atoms with E-state index < -0.39 is 0 Å². The Kier molecular flexibility index (Phi) is 4.88. The lowest BCUT2D eigenvalue weighted by Gasteiger charge is -2.08. The van der Waals surface area contributed by atoms with Crippen molar-refractivity contribution in [2.45, 2.75) is 17.3 Å². The van der Waals surface area contributed by atoms with E-state index in [1.54, 1.807) is 13.4 Å². The molecule has 7 nitrogen and oxygen atoms in total. The Morgan fingerprint density at radius 2 is 1.78 bits per heavy atom. The zero-order chi connectivity index (χ0) is 18.6. The van der Waals surface area contributed by atoms with Crippen molar-refractivity contribution in [1.82, 2.24) is 25.0 Å². The fourth-order valence-corrected chi connectivity index (χ4v) is 3.40. The van der Waals surface area contributed by atoms with E-state index in [2.05, 4.69) is 20.4 Å². The van der Waals surface area contributed by atoms with E-state index in [1.807, 2.05) is 66.1 Å². The predicted octanol–water partition coefficient (Wildman–Crippen LogP) is 4.18. The van der Waals surface area contributed by atoms with Gasteiger partial charge in [0.15, 0.2) is 5.16 Å². The van der Waals surface area contributed by atoms with Crippen LogP contribution in [0.25, 0.3) is 17.1 Å². The number of nitrogens with zero attached hydrogens (tertiary/aromatic N) is 5. The molecule has 4 aromatic rings. The van der Waals surface area contributed by atoms with Gasteiger partial charge >= 0.3 is 0 Å². The molecule has 0 spiro atoms. The molecule has 2 aromatic heterocycles. The van der Waals surface area contributed by atoms with Crippen LogP contribution < -0.4 is 4.74 Å². The summed E-state index contributed by atoms with van der Waals surface area (Å²) in [6, 6.07) is 17.4. The topological polar surface area (TPSA) is 78.9 Å². The van der Waals surface area contributed by atoms with Gasteiger partial charge in [-0.1, -0.05) is 30.0 Å². The van der Waals surface area contributed by atoms with Crippen LogP contribution in [-0.2, 0) is 0 Å². The van der Waals surface area contributed by atoms with Crippen LogP contribution >= 0.6 is 11.8 Å². The molecular weight excluding hydrogens is 362 g/mol. The Labute approximate surface area is 160 Å². The van der Waals surface area contributed by atoms with Crippen molar-refractivity contribution >= 4 is 11.8 Å². The number of rotatable bonds is 6. The number of hydrogen-bond donors (Lipinski definition) is 0. The van der Waals surface area contributed by atoms with E-state index in [0.29, 0.717) is 11.8 Å². The molecule has 2 aromatic carbocycles. The summed E-state index contributed by atoms with van der Waals surface area (Å²) in [7, 11) is 1.63. The highest BCUT2D eigenvalue weighted by Crippen LogP contribution is 2.35. The molecule has 0 radical (unpaired) electrons. The van der Waals surface area contributed by atoms with Crippen molar-refractivity contribution in [1.29, 1.82) is 0 Å². The second-order valence-corrected chi connectivity index (χ2v) is 7.06.